The zero-order valence-electron chi connectivity index (χ0n) is 11.9. The summed E-state index contributed by atoms with van der Waals surface area (Å²) >= 11 is 0. The predicted octanol–water partition coefficient (Wildman–Crippen LogP) is 0.798. The quantitative estimate of drug-likeness (QED) is 0.776. The minimum absolute atomic E-state index is 0.437. The normalized spacial score (nSPS) is 26.1. The van der Waals surface area contributed by atoms with Gasteiger partial charge in [0.1, 0.15) is 0 Å². The molecule has 0 radical (unpaired) electrons. The first kappa shape index (κ1) is 14.9. The molecule has 1 heterocycles. The fourth-order valence-electron chi connectivity index (χ4n) is 2.22. The summed E-state index contributed by atoms with van der Waals surface area (Å²) in [6.07, 6.45) is 0.727. The van der Waals surface area contributed by atoms with Crippen LogP contribution in [0.5, 0.6) is 0 Å². The largest absolute Gasteiger partial charge is 0.389 e. The van der Waals surface area contributed by atoms with E-state index in [1.807, 2.05) is 13.8 Å². The summed E-state index contributed by atoms with van der Waals surface area (Å²) in [6.45, 7) is 9.95. The van der Waals surface area contributed by atoms with E-state index < -0.39 is 11.7 Å². The molecule has 0 amide bonds. The Balaban J connectivity index is 2.47. The van der Waals surface area contributed by atoms with Gasteiger partial charge in [0.25, 0.3) is 0 Å². The van der Waals surface area contributed by atoms with Crippen molar-refractivity contribution in [3.05, 3.63) is 0 Å². The van der Waals surface area contributed by atoms with Crippen LogP contribution in [0.1, 0.15) is 27.2 Å². The highest BCUT2D eigenvalue weighted by Gasteiger charge is 2.31. The van der Waals surface area contributed by atoms with Crippen molar-refractivity contribution in [2.75, 3.05) is 40.3 Å². The highest BCUT2D eigenvalue weighted by Crippen LogP contribution is 2.17. The lowest BCUT2D eigenvalue weighted by Gasteiger charge is -2.41. The molecule has 1 rings (SSSR count). The third kappa shape index (κ3) is 3.91. The Morgan fingerprint density at radius 1 is 1.41 bits per heavy atom. The molecule has 1 aliphatic heterocycles. The zero-order valence-corrected chi connectivity index (χ0v) is 11.9. The van der Waals surface area contributed by atoms with Gasteiger partial charge in [-0.2, -0.15) is 0 Å². The van der Waals surface area contributed by atoms with E-state index in [1.165, 1.54) is 0 Å². The molecule has 4 heteroatoms. The molecule has 0 aromatic rings. The van der Waals surface area contributed by atoms with Crippen molar-refractivity contribution in [1.29, 1.82) is 0 Å². The lowest BCUT2D eigenvalue weighted by atomic mass is 10.00. The van der Waals surface area contributed by atoms with Crippen LogP contribution in [0.2, 0.25) is 0 Å². The summed E-state index contributed by atoms with van der Waals surface area (Å²) in [7, 11) is 3.84. The number of methoxy groups -OCH3 is 1. The van der Waals surface area contributed by atoms with Crippen molar-refractivity contribution in [2.45, 2.75) is 44.9 Å². The Hall–Kier alpha value is -0.160. The summed E-state index contributed by atoms with van der Waals surface area (Å²) in [5.74, 6) is 0. The molecule has 4 nitrogen and oxygen atoms in total. The van der Waals surface area contributed by atoms with E-state index in [-0.39, 0.29) is 0 Å². The van der Waals surface area contributed by atoms with Crippen molar-refractivity contribution >= 4 is 0 Å². The van der Waals surface area contributed by atoms with Gasteiger partial charge in [0.05, 0.1) is 11.7 Å². The molecule has 0 bridgehead atoms. The van der Waals surface area contributed by atoms with Crippen molar-refractivity contribution in [2.24, 2.45) is 0 Å². The summed E-state index contributed by atoms with van der Waals surface area (Å²) < 4.78 is 5.33. The monoisotopic (exact) mass is 244 g/mol. The SMILES string of the molecule is CCC1CN(CC(O)C(C)(C)OC)CCN1C. The number of aliphatic hydroxyl groups is 1. The van der Waals surface area contributed by atoms with Gasteiger partial charge >= 0.3 is 0 Å². The van der Waals surface area contributed by atoms with Crippen LogP contribution in [0.4, 0.5) is 0 Å². The van der Waals surface area contributed by atoms with Crippen LogP contribution >= 0.6 is 0 Å². The standard InChI is InChI=1S/C13H28N2O2/c1-6-11-9-15(8-7-14(11)4)10-12(16)13(2,3)17-5/h11-12,16H,6-10H2,1-5H3. The topological polar surface area (TPSA) is 35.9 Å². The molecule has 102 valence electrons. The maximum absolute atomic E-state index is 10.2. The number of β-amino-alcohol motifs (C(OH)–C–C–N with tert-alkyl or cyclic N) is 1. The third-order valence-electron chi connectivity index (χ3n) is 4.09. The first-order chi connectivity index (χ1) is 7.90. The number of hydrogen-bond acceptors (Lipinski definition) is 4. The molecule has 2 atom stereocenters. The second kappa shape index (κ2) is 6.14. The summed E-state index contributed by atoms with van der Waals surface area (Å²) in [6, 6.07) is 0.613. The van der Waals surface area contributed by atoms with Gasteiger partial charge in [0.15, 0.2) is 0 Å². The number of rotatable bonds is 5. The number of piperazine rings is 1. The van der Waals surface area contributed by atoms with Crippen LogP contribution in [-0.2, 0) is 4.74 Å². The molecule has 0 aromatic heterocycles. The van der Waals surface area contributed by atoms with Crippen LogP contribution in [0.3, 0.4) is 0 Å². The molecular weight excluding hydrogens is 216 g/mol. The maximum Gasteiger partial charge on any atom is 0.0950 e. The van der Waals surface area contributed by atoms with E-state index in [4.69, 9.17) is 4.74 Å². The van der Waals surface area contributed by atoms with Crippen molar-refractivity contribution in [3.63, 3.8) is 0 Å². The molecular formula is C13H28N2O2. The zero-order chi connectivity index (χ0) is 13.1. The Bertz CT molecular complexity index is 233. The smallest absolute Gasteiger partial charge is 0.0950 e. The molecule has 0 spiro atoms. The fourth-order valence-corrected chi connectivity index (χ4v) is 2.22. The second-order valence-electron chi connectivity index (χ2n) is 5.63. The first-order valence-corrected chi connectivity index (χ1v) is 6.56. The van der Waals surface area contributed by atoms with Gasteiger partial charge in [-0.1, -0.05) is 6.92 Å². The molecule has 0 saturated carbocycles. The Morgan fingerprint density at radius 3 is 2.59 bits per heavy atom. The molecule has 1 N–H and O–H groups in total. The van der Waals surface area contributed by atoms with Crippen molar-refractivity contribution in [1.82, 2.24) is 9.80 Å². The van der Waals surface area contributed by atoms with Crippen LogP contribution in [0.15, 0.2) is 0 Å². The fraction of sp³-hybridized carbons (Fsp3) is 1.00. The summed E-state index contributed by atoms with van der Waals surface area (Å²) in [4.78, 5) is 4.75. The van der Waals surface area contributed by atoms with E-state index in [0.29, 0.717) is 12.6 Å². The van der Waals surface area contributed by atoms with E-state index in [9.17, 15) is 5.11 Å². The van der Waals surface area contributed by atoms with Crippen LogP contribution < -0.4 is 0 Å². The molecule has 17 heavy (non-hydrogen) atoms. The van der Waals surface area contributed by atoms with Gasteiger partial charge < -0.3 is 14.7 Å². The summed E-state index contributed by atoms with van der Waals surface area (Å²) in [5, 5.41) is 10.2. The van der Waals surface area contributed by atoms with Gasteiger partial charge in [-0.15, -0.1) is 0 Å². The lowest BCUT2D eigenvalue weighted by molar-refractivity contribution is -0.0922. The third-order valence-corrected chi connectivity index (χ3v) is 4.09. The van der Waals surface area contributed by atoms with E-state index in [2.05, 4.69) is 23.8 Å². The molecule has 2 unspecified atom stereocenters. The lowest BCUT2D eigenvalue weighted by Crippen LogP contribution is -2.55. The van der Waals surface area contributed by atoms with Gasteiger partial charge in [-0.05, 0) is 27.3 Å². The number of nitrogens with zero attached hydrogens (tertiary/aromatic N) is 2. The van der Waals surface area contributed by atoms with Gasteiger partial charge in [-0.25, -0.2) is 0 Å². The Labute approximate surface area is 106 Å². The van der Waals surface area contributed by atoms with E-state index >= 15 is 0 Å². The minimum atomic E-state index is -0.467. The highest BCUT2D eigenvalue weighted by atomic mass is 16.5. The van der Waals surface area contributed by atoms with Gasteiger partial charge in [0, 0.05) is 39.3 Å². The average Bonchev–Trinajstić information content (AvgIpc) is 2.31. The van der Waals surface area contributed by atoms with Crippen LogP contribution in [-0.4, -0.2) is 73.0 Å². The Kier molecular flexibility index (Phi) is 5.38. The van der Waals surface area contributed by atoms with Gasteiger partial charge in [0.2, 0.25) is 0 Å². The number of aliphatic hydroxyl groups excluding tert-OH is 1. The number of ether oxygens (including phenoxy) is 1. The van der Waals surface area contributed by atoms with Gasteiger partial charge in [-0.3, -0.25) is 4.90 Å². The number of likely N-dealkylation sites (N-methyl/N-ethyl adjacent to an activating group) is 1. The predicted molar refractivity (Wildman–Crippen MR) is 70.2 cm³/mol. The number of hydrogen-bond donors (Lipinski definition) is 1. The highest BCUT2D eigenvalue weighted by molar-refractivity contribution is 4.85. The second-order valence-corrected chi connectivity index (χ2v) is 5.63. The van der Waals surface area contributed by atoms with E-state index in [1.54, 1.807) is 7.11 Å². The van der Waals surface area contributed by atoms with Crippen LogP contribution in [0.25, 0.3) is 0 Å². The molecule has 1 fully saturated rings. The molecule has 0 aliphatic carbocycles. The van der Waals surface area contributed by atoms with E-state index in [0.717, 1.165) is 26.1 Å². The van der Waals surface area contributed by atoms with Crippen LogP contribution in [0, 0.1) is 0 Å². The average molecular weight is 244 g/mol. The maximum atomic E-state index is 10.2. The molecule has 1 aliphatic rings. The van der Waals surface area contributed by atoms with Crippen molar-refractivity contribution < 1.29 is 9.84 Å². The van der Waals surface area contributed by atoms with Crippen molar-refractivity contribution in [3.8, 4) is 0 Å². The molecule has 0 aromatic carbocycles. The molecule has 1 saturated heterocycles. The first-order valence-electron chi connectivity index (χ1n) is 6.56. The summed E-state index contributed by atoms with van der Waals surface area (Å²) in [5.41, 5.74) is -0.467. The Morgan fingerprint density at radius 2 is 2.06 bits per heavy atom. The minimum Gasteiger partial charge on any atom is -0.389 e.